The number of carbonyl (C=O) groups excluding carboxylic acids is 2. The summed E-state index contributed by atoms with van der Waals surface area (Å²) in [7, 11) is 0. The van der Waals surface area contributed by atoms with Crippen LogP contribution in [0.25, 0.3) is 22.3 Å². The molecule has 2 heterocycles. The van der Waals surface area contributed by atoms with Crippen LogP contribution in [-0.2, 0) is 14.9 Å². The summed E-state index contributed by atoms with van der Waals surface area (Å²) in [6.07, 6.45) is -1.07. The largest absolute Gasteiger partial charge is 0.473 e. The molecule has 8 nitrogen and oxygen atoms in total. The maximum absolute atomic E-state index is 13.5. The van der Waals surface area contributed by atoms with E-state index in [0.717, 1.165) is 16.9 Å². The number of aryl methyl sites for hydroxylation is 1. The van der Waals surface area contributed by atoms with Gasteiger partial charge < -0.3 is 13.9 Å². The number of para-hydroxylation sites is 1. The molecule has 2 aromatic heterocycles. The van der Waals surface area contributed by atoms with Crippen LogP contribution in [0.3, 0.4) is 0 Å². The highest BCUT2D eigenvalue weighted by Gasteiger charge is 2.25. The molecule has 38 heavy (non-hydrogen) atoms. The number of thiazole rings is 1. The fraction of sp³-hybridized carbons (Fsp3) is 0.310. The van der Waals surface area contributed by atoms with Crippen LogP contribution in [0.4, 0.5) is 5.13 Å². The smallest absolute Gasteiger partial charge is 0.350 e. The first-order chi connectivity index (χ1) is 18.0. The minimum atomic E-state index is -1.07. The van der Waals surface area contributed by atoms with Gasteiger partial charge in [-0.3, -0.25) is 14.9 Å². The average Bonchev–Trinajstić information content (AvgIpc) is 3.25. The molecule has 9 heteroatoms. The molecule has 0 aliphatic rings. The number of aromatic nitrogens is 1. The number of hydrogen-bond donors (Lipinski definition) is 1. The Hall–Kier alpha value is -3.98. The maximum Gasteiger partial charge on any atom is 0.350 e. The molecule has 0 bridgehead atoms. The van der Waals surface area contributed by atoms with Crippen molar-refractivity contribution in [3.05, 3.63) is 74.9 Å². The minimum Gasteiger partial charge on any atom is -0.473 e. The van der Waals surface area contributed by atoms with Crippen molar-refractivity contribution in [1.29, 1.82) is 0 Å². The van der Waals surface area contributed by atoms with Gasteiger partial charge in [-0.2, -0.15) is 0 Å². The van der Waals surface area contributed by atoms with E-state index < -0.39 is 18.0 Å². The fourth-order valence-corrected chi connectivity index (χ4v) is 4.68. The van der Waals surface area contributed by atoms with Gasteiger partial charge >= 0.3 is 5.97 Å². The first-order valence-corrected chi connectivity index (χ1v) is 13.1. The summed E-state index contributed by atoms with van der Waals surface area (Å²) in [6, 6.07) is 14.6. The third-order valence-electron chi connectivity index (χ3n) is 5.92. The zero-order chi connectivity index (χ0) is 27.6. The number of nitrogens with zero attached hydrogens (tertiary/aromatic N) is 1. The van der Waals surface area contributed by atoms with Crippen LogP contribution in [-0.4, -0.2) is 29.6 Å². The van der Waals surface area contributed by atoms with Crippen molar-refractivity contribution in [2.24, 2.45) is 0 Å². The van der Waals surface area contributed by atoms with E-state index in [-0.39, 0.29) is 34.1 Å². The molecular formula is C29H30N2O6S. The van der Waals surface area contributed by atoms with Gasteiger partial charge in [-0.15, -0.1) is 0 Å². The molecule has 0 fully saturated rings. The van der Waals surface area contributed by atoms with Crippen LogP contribution in [0.15, 0.2) is 57.7 Å². The number of carbonyl (C=O) groups is 2. The van der Waals surface area contributed by atoms with Crippen molar-refractivity contribution in [2.45, 2.75) is 53.1 Å². The molecule has 2 aromatic carbocycles. The first kappa shape index (κ1) is 27.1. The van der Waals surface area contributed by atoms with Crippen LogP contribution < -0.4 is 15.5 Å². The van der Waals surface area contributed by atoms with Crippen molar-refractivity contribution in [2.75, 3.05) is 11.9 Å². The number of benzene rings is 2. The molecule has 0 radical (unpaired) electrons. The number of hydrogen-bond acceptors (Lipinski definition) is 8. The standard InChI is InChI=1S/C29H30N2O6S/c1-7-35-27(34)25-16(2)30-28(38-25)31-26(33)17(3)36-24-22(32)20-10-8-9-11-21(20)37-23(24)18-12-14-19(15-13-18)29(4,5)6/h8-15,17H,7H2,1-6H3,(H,30,31,33). The summed E-state index contributed by atoms with van der Waals surface area (Å²) < 4.78 is 17.1. The lowest BCUT2D eigenvalue weighted by Crippen LogP contribution is -2.31. The number of ether oxygens (including phenoxy) is 2. The van der Waals surface area contributed by atoms with Crippen molar-refractivity contribution >= 4 is 39.3 Å². The van der Waals surface area contributed by atoms with Crippen molar-refractivity contribution in [3.8, 4) is 17.1 Å². The third kappa shape index (κ3) is 5.62. The van der Waals surface area contributed by atoms with E-state index >= 15 is 0 Å². The molecule has 4 rings (SSSR count). The van der Waals surface area contributed by atoms with Gasteiger partial charge in [-0.1, -0.05) is 68.5 Å². The Morgan fingerprint density at radius 2 is 1.79 bits per heavy atom. The highest BCUT2D eigenvalue weighted by Crippen LogP contribution is 2.33. The van der Waals surface area contributed by atoms with Gasteiger partial charge in [0.2, 0.25) is 11.2 Å². The lowest BCUT2D eigenvalue weighted by Gasteiger charge is -2.20. The van der Waals surface area contributed by atoms with E-state index in [1.165, 1.54) is 6.92 Å². The van der Waals surface area contributed by atoms with Gasteiger partial charge in [0.15, 0.2) is 17.0 Å². The van der Waals surface area contributed by atoms with Gasteiger partial charge in [-0.05, 0) is 43.9 Å². The SMILES string of the molecule is CCOC(=O)c1sc(NC(=O)C(C)Oc2c(-c3ccc(C(C)(C)C)cc3)oc3ccccc3c2=O)nc1C. The summed E-state index contributed by atoms with van der Waals surface area (Å²) in [4.78, 5) is 43.1. The summed E-state index contributed by atoms with van der Waals surface area (Å²) in [5, 5.41) is 3.24. The first-order valence-electron chi connectivity index (χ1n) is 12.3. The van der Waals surface area contributed by atoms with Gasteiger partial charge in [0.1, 0.15) is 10.5 Å². The highest BCUT2D eigenvalue weighted by molar-refractivity contribution is 7.17. The number of fused-ring (bicyclic) bond motifs is 1. The zero-order valence-corrected chi connectivity index (χ0v) is 23.0. The molecule has 0 aliphatic heterocycles. The molecule has 1 amide bonds. The normalized spacial score (nSPS) is 12.3. The summed E-state index contributed by atoms with van der Waals surface area (Å²) in [6.45, 7) is 11.5. The number of amides is 1. The second-order valence-corrected chi connectivity index (χ2v) is 10.8. The summed E-state index contributed by atoms with van der Waals surface area (Å²) in [5.74, 6) is -0.847. The molecule has 4 aromatic rings. The molecule has 0 saturated carbocycles. The monoisotopic (exact) mass is 534 g/mol. The van der Waals surface area contributed by atoms with Gasteiger partial charge in [0.25, 0.3) is 5.91 Å². The van der Waals surface area contributed by atoms with E-state index in [9.17, 15) is 14.4 Å². The van der Waals surface area contributed by atoms with Crippen LogP contribution in [0.5, 0.6) is 5.75 Å². The summed E-state index contributed by atoms with van der Waals surface area (Å²) >= 11 is 1.01. The average molecular weight is 535 g/mol. The molecule has 198 valence electrons. The zero-order valence-electron chi connectivity index (χ0n) is 22.2. The Balaban J connectivity index is 1.66. The maximum atomic E-state index is 13.5. The number of esters is 1. The fourth-order valence-electron chi connectivity index (χ4n) is 3.82. The molecule has 0 spiro atoms. The van der Waals surface area contributed by atoms with Crippen LogP contribution >= 0.6 is 11.3 Å². The quantitative estimate of drug-likeness (QED) is 0.285. The second-order valence-electron chi connectivity index (χ2n) is 9.82. The van der Waals surface area contributed by atoms with Crippen molar-refractivity contribution in [3.63, 3.8) is 0 Å². The van der Waals surface area contributed by atoms with E-state index in [1.807, 2.05) is 24.3 Å². The Morgan fingerprint density at radius 3 is 2.45 bits per heavy atom. The van der Waals surface area contributed by atoms with Gasteiger partial charge in [0.05, 0.1) is 17.7 Å². The second kappa shape index (κ2) is 10.8. The molecule has 1 unspecified atom stereocenters. The number of anilines is 1. The van der Waals surface area contributed by atoms with Gasteiger partial charge in [-0.25, -0.2) is 9.78 Å². The minimum absolute atomic E-state index is 0.0456. The molecule has 0 aliphatic carbocycles. The van der Waals surface area contributed by atoms with E-state index in [2.05, 4.69) is 31.1 Å². The van der Waals surface area contributed by atoms with Gasteiger partial charge in [0, 0.05) is 5.56 Å². The Bertz CT molecular complexity index is 1550. The molecular weight excluding hydrogens is 504 g/mol. The van der Waals surface area contributed by atoms with Crippen LogP contribution in [0.1, 0.15) is 55.5 Å². The Labute approximate surface area is 224 Å². The predicted molar refractivity (Wildman–Crippen MR) is 148 cm³/mol. The van der Waals surface area contributed by atoms with E-state index in [1.54, 1.807) is 38.1 Å². The lowest BCUT2D eigenvalue weighted by atomic mass is 9.86. The topological polar surface area (TPSA) is 108 Å². The number of rotatable bonds is 7. The molecule has 1 atom stereocenters. The van der Waals surface area contributed by atoms with Crippen LogP contribution in [0, 0.1) is 6.92 Å². The Morgan fingerprint density at radius 1 is 1.11 bits per heavy atom. The van der Waals surface area contributed by atoms with Crippen molar-refractivity contribution in [1.82, 2.24) is 4.98 Å². The highest BCUT2D eigenvalue weighted by atomic mass is 32.1. The summed E-state index contributed by atoms with van der Waals surface area (Å²) in [5.41, 5.74) is 2.22. The van der Waals surface area contributed by atoms with E-state index in [0.29, 0.717) is 27.1 Å². The molecule has 1 N–H and O–H groups in total. The Kier molecular flexibility index (Phi) is 7.68. The van der Waals surface area contributed by atoms with Crippen LogP contribution in [0.2, 0.25) is 0 Å². The lowest BCUT2D eigenvalue weighted by molar-refractivity contribution is -0.122. The molecule has 0 saturated heterocycles. The van der Waals surface area contributed by atoms with E-state index in [4.69, 9.17) is 13.9 Å². The van der Waals surface area contributed by atoms with Crippen molar-refractivity contribution < 1.29 is 23.5 Å². The number of nitrogens with one attached hydrogen (secondary N) is 1. The third-order valence-corrected chi connectivity index (χ3v) is 6.97. The predicted octanol–water partition coefficient (Wildman–Crippen LogP) is 6.11.